The lowest BCUT2D eigenvalue weighted by Gasteiger charge is -2.15. The maximum absolute atomic E-state index is 12.5. The molecule has 2 unspecified atom stereocenters. The van der Waals surface area contributed by atoms with Crippen LogP contribution in [0.15, 0.2) is 54.6 Å². The Kier molecular flexibility index (Phi) is 4.90. The van der Waals surface area contributed by atoms with Gasteiger partial charge in [0.25, 0.3) is 0 Å². The highest BCUT2D eigenvalue weighted by Gasteiger charge is 2.30. The summed E-state index contributed by atoms with van der Waals surface area (Å²) in [4.78, 5) is 12.5. The normalized spacial score (nSPS) is 12.5. The van der Waals surface area contributed by atoms with E-state index in [0.29, 0.717) is 16.9 Å². The number of methoxy groups -OCH3 is 1. The SMILES string of the molecule is COc1ccc(C(=O)C(C#N)C(C#N)c2ccccc2)cc1. The lowest BCUT2D eigenvalue weighted by Crippen LogP contribution is -2.20. The third-order valence-corrected chi connectivity index (χ3v) is 3.43. The predicted molar refractivity (Wildman–Crippen MR) is 81.2 cm³/mol. The molecule has 22 heavy (non-hydrogen) atoms. The minimum absolute atomic E-state index is 0.361. The van der Waals surface area contributed by atoms with Crippen molar-refractivity contribution in [1.82, 2.24) is 0 Å². The molecule has 0 aliphatic carbocycles. The van der Waals surface area contributed by atoms with Gasteiger partial charge in [0.2, 0.25) is 0 Å². The summed E-state index contributed by atoms with van der Waals surface area (Å²) in [6.07, 6.45) is 0. The Morgan fingerprint density at radius 2 is 1.64 bits per heavy atom. The summed E-state index contributed by atoms with van der Waals surface area (Å²) in [5.74, 6) is -1.56. The molecule has 2 rings (SSSR count). The number of Topliss-reactive ketones (excluding diaryl/α,β-unsaturated/α-hetero) is 1. The first-order chi connectivity index (χ1) is 10.7. The Labute approximate surface area is 129 Å². The zero-order valence-corrected chi connectivity index (χ0v) is 12.1. The summed E-state index contributed by atoms with van der Waals surface area (Å²) in [5, 5.41) is 18.8. The van der Waals surface area contributed by atoms with Gasteiger partial charge in [0.05, 0.1) is 25.2 Å². The van der Waals surface area contributed by atoms with E-state index in [9.17, 15) is 15.3 Å². The quantitative estimate of drug-likeness (QED) is 0.792. The van der Waals surface area contributed by atoms with Crippen LogP contribution in [-0.4, -0.2) is 12.9 Å². The number of carbonyl (C=O) groups excluding carboxylic acids is 1. The molecule has 0 radical (unpaired) electrons. The van der Waals surface area contributed by atoms with Crippen LogP contribution in [0.25, 0.3) is 0 Å². The Hall–Kier alpha value is -3.11. The van der Waals surface area contributed by atoms with E-state index in [2.05, 4.69) is 6.07 Å². The van der Waals surface area contributed by atoms with Crippen LogP contribution in [0.3, 0.4) is 0 Å². The minimum Gasteiger partial charge on any atom is -0.497 e. The van der Waals surface area contributed by atoms with Crippen LogP contribution in [0.4, 0.5) is 0 Å². The van der Waals surface area contributed by atoms with Gasteiger partial charge < -0.3 is 4.74 Å². The second kappa shape index (κ2) is 7.06. The van der Waals surface area contributed by atoms with E-state index in [0.717, 1.165) is 0 Å². The summed E-state index contributed by atoms with van der Waals surface area (Å²) in [6.45, 7) is 0. The lowest BCUT2D eigenvalue weighted by atomic mass is 9.83. The number of ether oxygens (including phenoxy) is 1. The molecule has 0 fully saturated rings. The number of rotatable bonds is 5. The molecule has 0 aliphatic rings. The highest BCUT2D eigenvalue weighted by molar-refractivity contribution is 6.00. The molecule has 4 nitrogen and oxygen atoms in total. The molecule has 0 heterocycles. The summed E-state index contributed by atoms with van der Waals surface area (Å²) in [5.41, 5.74) is 1.06. The van der Waals surface area contributed by atoms with Gasteiger partial charge in [-0.1, -0.05) is 30.3 Å². The van der Waals surface area contributed by atoms with E-state index in [4.69, 9.17) is 4.74 Å². The summed E-state index contributed by atoms with van der Waals surface area (Å²) >= 11 is 0. The molecule has 2 atom stereocenters. The second-order valence-corrected chi connectivity index (χ2v) is 4.72. The lowest BCUT2D eigenvalue weighted by molar-refractivity contribution is 0.0942. The van der Waals surface area contributed by atoms with E-state index in [1.807, 2.05) is 12.1 Å². The molecule has 0 spiro atoms. The topological polar surface area (TPSA) is 73.9 Å². The fraction of sp³-hybridized carbons (Fsp3) is 0.167. The third kappa shape index (κ3) is 3.13. The Balaban J connectivity index is 2.32. The van der Waals surface area contributed by atoms with Gasteiger partial charge in [0.15, 0.2) is 5.78 Å². The number of benzene rings is 2. The molecule has 2 aromatic carbocycles. The van der Waals surface area contributed by atoms with Crippen LogP contribution in [0, 0.1) is 28.6 Å². The van der Waals surface area contributed by atoms with Crippen LogP contribution in [0.5, 0.6) is 5.75 Å². The number of nitrogens with zero attached hydrogens (tertiary/aromatic N) is 2. The van der Waals surface area contributed by atoms with Crippen LogP contribution >= 0.6 is 0 Å². The van der Waals surface area contributed by atoms with Gasteiger partial charge in [0, 0.05) is 5.56 Å². The molecule has 108 valence electrons. The van der Waals surface area contributed by atoms with Crippen LogP contribution < -0.4 is 4.74 Å². The average molecular weight is 290 g/mol. The van der Waals surface area contributed by atoms with Gasteiger partial charge in [-0.25, -0.2) is 0 Å². The van der Waals surface area contributed by atoms with Crippen molar-refractivity contribution in [2.75, 3.05) is 7.11 Å². The third-order valence-electron chi connectivity index (χ3n) is 3.43. The summed E-state index contributed by atoms with van der Waals surface area (Å²) < 4.78 is 5.05. The Morgan fingerprint density at radius 1 is 1.00 bits per heavy atom. The molecular weight excluding hydrogens is 276 g/mol. The first-order valence-electron chi connectivity index (χ1n) is 6.73. The fourth-order valence-electron chi connectivity index (χ4n) is 2.22. The minimum atomic E-state index is -1.04. The Morgan fingerprint density at radius 3 is 2.14 bits per heavy atom. The van der Waals surface area contributed by atoms with Crippen LogP contribution in [0.1, 0.15) is 21.8 Å². The predicted octanol–water partition coefficient (Wildman–Crippen LogP) is 3.33. The smallest absolute Gasteiger partial charge is 0.181 e. The van der Waals surface area contributed by atoms with Gasteiger partial charge in [-0.2, -0.15) is 10.5 Å². The van der Waals surface area contributed by atoms with E-state index in [1.54, 1.807) is 48.5 Å². The molecule has 0 saturated carbocycles. The van der Waals surface area contributed by atoms with Gasteiger partial charge >= 0.3 is 0 Å². The van der Waals surface area contributed by atoms with Gasteiger partial charge in [-0.05, 0) is 29.8 Å². The molecular formula is C18H14N2O2. The van der Waals surface area contributed by atoms with Crippen molar-refractivity contribution in [2.24, 2.45) is 5.92 Å². The summed E-state index contributed by atoms with van der Waals surface area (Å²) in [7, 11) is 1.54. The van der Waals surface area contributed by atoms with Crippen molar-refractivity contribution in [1.29, 1.82) is 10.5 Å². The first kappa shape index (κ1) is 15.3. The van der Waals surface area contributed by atoms with Gasteiger partial charge in [-0.15, -0.1) is 0 Å². The second-order valence-electron chi connectivity index (χ2n) is 4.72. The molecule has 0 saturated heterocycles. The van der Waals surface area contributed by atoms with Crippen molar-refractivity contribution in [3.63, 3.8) is 0 Å². The maximum Gasteiger partial charge on any atom is 0.181 e. The highest BCUT2D eigenvalue weighted by atomic mass is 16.5. The largest absolute Gasteiger partial charge is 0.497 e. The number of hydrogen-bond donors (Lipinski definition) is 0. The Bertz CT molecular complexity index is 724. The number of hydrogen-bond acceptors (Lipinski definition) is 4. The van der Waals surface area contributed by atoms with Gasteiger partial charge in [-0.3, -0.25) is 4.79 Å². The average Bonchev–Trinajstić information content (AvgIpc) is 2.59. The number of carbonyl (C=O) groups is 1. The monoisotopic (exact) mass is 290 g/mol. The van der Waals surface area contributed by atoms with Gasteiger partial charge in [0.1, 0.15) is 11.7 Å². The molecule has 2 aromatic rings. The zero-order valence-electron chi connectivity index (χ0n) is 12.1. The van der Waals surface area contributed by atoms with Crippen molar-refractivity contribution < 1.29 is 9.53 Å². The van der Waals surface area contributed by atoms with Crippen molar-refractivity contribution in [3.05, 3.63) is 65.7 Å². The van der Waals surface area contributed by atoms with Crippen molar-refractivity contribution in [2.45, 2.75) is 5.92 Å². The molecule has 0 N–H and O–H groups in total. The van der Waals surface area contributed by atoms with Crippen molar-refractivity contribution >= 4 is 5.78 Å². The molecule has 0 amide bonds. The molecule has 0 aromatic heterocycles. The summed E-state index contributed by atoms with van der Waals surface area (Å²) in [6, 6.07) is 19.5. The maximum atomic E-state index is 12.5. The first-order valence-corrected chi connectivity index (χ1v) is 6.73. The van der Waals surface area contributed by atoms with E-state index in [1.165, 1.54) is 7.11 Å². The van der Waals surface area contributed by atoms with Crippen molar-refractivity contribution in [3.8, 4) is 17.9 Å². The van der Waals surface area contributed by atoms with Crippen LogP contribution in [0.2, 0.25) is 0 Å². The molecule has 0 bridgehead atoms. The highest BCUT2D eigenvalue weighted by Crippen LogP contribution is 2.27. The standard InChI is InChI=1S/C18H14N2O2/c1-22-15-9-7-14(8-10-15)18(21)17(12-20)16(11-19)13-5-3-2-4-6-13/h2-10,16-17H,1H3. The molecule has 0 aliphatic heterocycles. The fourth-order valence-corrected chi connectivity index (χ4v) is 2.22. The molecule has 4 heteroatoms. The van der Waals surface area contributed by atoms with E-state index < -0.39 is 11.8 Å². The zero-order chi connectivity index (χ0) is 15.9. The van der Waals surface area contributed by atoms with E-state index >= 15 is 0 Å². The van der Waals surface area contributed by atoms with Crippen LogP contribution in [-0.2, 0) is 0 Å². The van der Waals surface area contributed by atoms with E-state index in [-0.39, 0.29) is 5.78 Å². The number of nitriles is 2. The number of ketones is 1.